The lowest BCUT2D eigenvalue weighted by atomic mass is 10.2. The summed E-state index contributed by atoms with van der Waals surface area (Å²) < 4.78 is 32.5. The number of carbonyl (C=O) groups is 1. The van der Waals surface area contributed by atoms with Crippen molar-refractivity contribution in [2.75, 3.05) is 6.61 Å². The van der Waals surface area contributed by atoms with Crippen LogP contribution < -0.4 is 4.72 Å². The molecule has 122 valence electrons. The van der Waals surface area contributed by atoms with Crippen molar-refractivity contribution in [2.24, 2.45) is 5.92 Å². The van der Waals surface area contributed by atoms with E-state index < -0.39 is 22.0 Å². The maximum Gasteiger partial charge on any atom is 0.264 e. The Kier molecular flexibility index (Phi) is 4.32. The molecular formula is C16H18N2O4S. The van der Waals surface area contributed by atoms with Gasteiger partial charge in [-0.3, -0.25) is 9.78 Å². The van der Waals surface area contributed by atoms with Crippen LogP contribution in [0.15, 0.2) is 41.4 Å². The van der Waals surface area contributed by atoms with E-state index in [0.29, 0.717) is 23.4 Å². The molecule has 0 aliphatic heterocycles. The van der Waals surface area contributed by atoms with Crippen molar-refractivity contribution in [3.63, 3.8) is 0 Å². The number of sulfonamides is 1. The number of carbonyl (C=O) groups excluding carboxylic acids is 1. The van der Waals surface area contributed by atoms with Gasteiger partial charge in [0.05, 0.1) is 17.0 Å². The first-order valence-corrected chi connectivity index (χ1v) is 8.98. The number of hydrogen-bond acceptors (Lipinski definition) is 5. The summed E-state index contributed by atoms with van der Waals surface area (Å²) in [6.07, 6.45) is 3.00. The fourth-order valence-electron chi connectivity index (χ4n) is 2.22. The molecule has 6 nitrogen and oxygen atoms in total. The molecule has 1 aliphatic carbocycles. The fraction of sp³-hybridized carbons (Fsp3) is 0.375. The number of amides is 1. The van der Waals surface area contributed by atoms with Crippen LogP contribution in [0.2, 0.25) is 0 Å². The van der Waals surface area contributed by atoms with E-state index in [2.05, 4.69) is 9.71 Å². The number of hydrogen-bond donors (Lipinski definition) is 1. The SMILES string of the molecule is C[C@H](OCC1CC1)C(=O)NS(=O)(=O)c1cccc2ncccc12. The van der Waals surface area contributed by atoms with Crippen LogP contribution in [0.1, 0.15) is 19.8 Å². The van der Waals surface area contributed by atoms with Crippen molar-refractivity contribution in [3.05, 3.63) is 36.5 Å². The summed E-state index contributed by atoms with van der Waals surface area (Å²) in [5, 5.41) is 0.474. The van der Waals surface area contributed by atoms with Gasteiger partial charge < -0.3 is 4.74 Å². The Balaban J connectivity index is 1.78. The summed E-state index contributed by atoms with van der Waals surface area (Å²) in [6, 6.07) is 8.09. The van der Waals surface area contributed by atoms with E-state index in [1.54, 1.807) is 37.4 Å². The fourth-order valence-corrected chi connectivity index (χ4v) is 3.48. The van der Waals surface area contributed by atoms with Gasteiger partial charge >= 0.3 is 0 Å². The first kappa shape index (κ1) is 15.9. The molecule has 7 heteroatoms. The van der Waals surface area contributed by atoms with Gasteiger partial charge in [-0.2, -0.15) is 0 Å². The maximum absolute atomic E-state index is 12.5. The minimum atomic E-state index is -3.97. The van der Waals surface area contributed by atoms with Crippen molar-refractivity contribution in [3.8, 4) is 0 Å². The van der Waals surface area contributed by atoms with Gasteiger partial charge in [0.2, 0.25) is 0 Å². The Labute approximate surface area is 134 Å². The maximum atomic E-state index is 12.5. The van der Waals surface area contributed by atoms with Gasteiger partial charge in [-0.25, -0.2) is 13.1 Å². The zero-order chi connectivity index (χ0) is 16.4. The molecule has 1 atom stereocenters. The Morgan fingerprint density at radius 1 is 1.35 bits per heavy atom. The highest BCUT2D eigenvalue weighted by Crippen LogP contribution is 2.29. The lowest BCUT2D eigenvalue weighted by Crippen LogP contribution is -2.38. The van der Waals surface area contributed by atoms with E-state index in [4.69, 9.17) is 4.74 Å². The van der Waals surface area contributed by atoms with Crippen molar-refractivity contribution < 1.29 is 17.9 Å². The third-order valence-corrected chi connectivity index (χ3v) is 5.18. The van der Waals surface area contributed by atoms with E-state index in [9.17, 15) is 13.2 Å². The Morgan fingerprint density at radius 3 is 2.87 bits per heavy atom. The summed E-state index contributed by atoms with van der Waals surface area (Å²) in [5.74, 6) is -0.155. The molecule has 0 unspecified atom stereocenters. The van der Waals surface area contributed by atoms with Crippen molar-refractivity contribution >= 4 is 26.8 Å². The van der Waals surface area contributed by atoms with Crippen LogP contribution in [-0.2, 0) is 19.6 Å². The van der Waals surface area contributed by atoms with E-state index >= 15 is 0 Å². The van der Waals surface area contributed by atoms with Gasteiger partial charge in [0.25, 0.3) is 15.9 Å². The molecular weight excluding hydrogens is 316 g/mol. The number of aromatic nitrogens is 1. The van der Waals surface area contributed by atoms with E-state index in [0.717, 1.165) is 12.8 Å². The van der Waals surface area contributed by atoms with Crippen LogP contribution >= 0.6 is 0 Å². The number of ether oxygens (including phenoxy) is 1. The lowest BCUT2D eigenvalue weighted by Gasteiger charge is -2.14. The Morgan fingerprint density at radius 2 is 2.13 bits per heavy atom. The molecule has 1 aromatic heterocycles. The quantitative estimate of drug-likeness (QED) is 0.871. The predicted octanol–water partition coefficient (Wildman–Crippen LogP) is 1.85. The second kappa shape index (κ2) is 6.25. The van der Waals surface area contributed by atoms with Crippen LogP contribution in [0.4, 0.5) is 0 Å². The molecule has 0 radical (unpaired) electrons. The van der Waals surface area contributed by atoms with Gasteiger partial charge in [0, 0.05) is 11.6 Å². The first-order valence-electron chi connectivity index (χ1n) is 7.49. The molecule has 1 amide bonds. The minimum Gasteiger partial charge on any atom is -0.368 e. The normalized spacial score (nSPS) is 16.2. The van der Waals surface area contributed by atoms with Crippen LogP contribution in [0.3, 0.4) is 0 Å². The van der Waals surface area contributed by atoms with Gasteiger partial charge in [-0.1, -0.05) is 6.07 Å². The third kappa shape index (κ3) is 3.68. The highest BCUT2D eigenvalue weighted by Gasteiger charge is 2.27. The summed E-state index contributed by atoms with van der Waals surface area (Å²) in [7, 11) is -3.97. The average Bonchev–Trinajstić information content (AvgIpc) is 3.35. The zero-order valence-electron chi connectivity index (χ0n) is 12.7. The second-order valence-corrected chi connectivity index (χ2v) is 7.37. The van der Waals surface area contributed by atoms with Gasteiger partial charge in [0.15, 0.2) is 0 Å². The van der Waals surface area contributed by atoms with Gasteiger partial charge in [-0.15, -0.1) is 0 Å². The molecule has 0 saturated heterocycles. The van der Waals surface area contributed by atoms with Crippen molar-refractivity contribution in [2.45, 2.75) is 30.8 Å². The van der Waals surface area contributed by atoms with E-state index in [-0.39, 0.29) is 4.90 Å². The number of pyridine rings is 1. The summed E-state index contributed by atoms with van der Waals surface area (Å²) in [5.41, 5.74) is 0.556. The zero-order valence-corrected chi connectivity index (χ0v) is 13.5. The molecule has 1 fully saturated rings. The van der Waals surface area contributed by atoms with Gasteiger partial charge in [-0.05, 0) is 49.9 Å². The highest BCUT2D eigenvalue weighted by molar-refractivity contribution is 7.90. The molecule has 3 rings (SSSR count). The molecule has 0 bridgehead atoms. The number of nitrogens with zero attached hydrogens (tertiary/aromatic N) is 1. The Bertz CT molecular complexity index is 826. The van der Waals surface area contributed by atoms with Crippen LogP contribution in [0, 0.1) is 5.92 Å². The van der Waals surface area contributed by atoms with Crippen LogP contribution in [-0.4, -0.2) is 32.0 Å². The molecule has 1 saturated carbocycles. The average molecular weight is 334 g/mol. The summed E-state index contributed by atoms with van der Waals surface area (Å²) in [6.45, 7) is 2.05. The Hall–Kier alpha value is -1.99. The highest BCUT2D eigenvalue weighted by atomic mass is 32.2. The molecule has 0 spiro atoms. The van der Waals surface area contributed by atoms with Crippen molar-refractivity contribution in [1.82, 2.24) is 9.71 Å². The molecule has 1 aliphatic rings. The molecule has 2 aromatic rings. The standard InChI is InChI=1S/C16H18N2O4S/c1-11(22-10-12-7-8-12)16(19)18-23(20,21)15-6-2-5-14-13(15)4-3-9-17-14/h2-6,9,11-12H,7-8,10H2,1H3,(H,18,19)/t11-/m0/s1. The predicted molar refractivity (Wildman–Crippen MR) is 85.2 cm³/mol. The molecule has 1 heterocycles. The van der Waals surface area contributed by atoms with Crippen molar-refractivity contribution in [1.29, 1.82) is 0 Å². The topological polar surface area (TPSA) is 85.4 Å². The molecule has 23 heavy (non-hydrogen) atoms. The van der Waals surface area contributed by atoms with Gasteiger partial charge in [0.1, 0.15) is 6.10 Å². The first-order chi connectivity index (χ1) is 11.0. The third-order valence-electron chi connectivity index (χ3n) is 3.78. The van der Waals surface area contributed by atoms with E-state index in [1.807, 2.05) is 0 Å². The van der Waals surface area contributed by atoms with Crippen LogP contribution in [0.5, 0.6) is 0 Å². The second-order valence-electron chi connectivity index (χ2n) is 5.71. The monoisotopic (exact) mass is 334 g/mol. The molecule has 1 N–H and O–H groups in total. The lowest BCUT2D eigenvalue weighted by molar-refractivity contribution is -0.130. The number of nitrogens with one attached hydrogen (secondary N) is 1. The largest absolute Gasteiger partial charge is 0.368 e. The number of rotatable bonds is 6. The van der Waals surface area contributed by atoms with Crippen LogP contribution in [0.25, 0.3) is 10.9 Å². The number of fused-ring (bicyclic) bond motifs is 1. The minimum absolute atomic E-state index is 0.0332. The van der Waals surface area contributed by atoms with E-state index in [1.165, 1.54) is 6.07 Å². The molecule has 1 aromatic carbocycles. The summed E-state index contributed by atoms with van der Waals surface area (Å²) in [4.78, 5) is 16.2. The number of benzene rings is 1. The smallest absolute Gasteiger partial charge is 0.264 e. The summed E-state index contributed by atoms with van der Waals surface area (Å²) >= 11 is 0.